The summed E-state index contributed by atoms with van der Waals surface area (Å²) in [7, 11) is 0. The van der Waals surface area contributed by atoms with Crippen LogP contribution in [0.1, 0.15) is 22.8 Å². The molecule has 0 aliphatic rings. The highest BCUT2D eigenvalue weighted by Crippen LogP contribution is 2.15. The zero-order valence-electron chi connectivity index (χ0n) is 15.1. The molecule has 0 bridgehead atoms. The van der Waals surface area contributed by atoms with Crippen LogP contribution in [0.15, 0.2) is 65.5 Å². The fourth-order valence-corrected chi connectivity index (χ4v) is 2.77. The molecule has 0 unspecified atom stereocenters. The van der Waals surface area contributed by atoms with Crippen LogP contribution in [0.25, 0.3) is 16.8 Å². The number of benzene rings is 2. The first kappa shape index (κ1) is 18.4. The number of hydrogen-bond donors (Lipinski definition) is 2. The van der Waals surface area contributed by atoms with Crippen LogP contribution in [0.3, 0.4) is 0 Å². The van der Waals surface area contributed by atoms with Crippen molar-refractivity contribution in [2.75, 3.05) is 0 Å². The zero-order valence-corrected chi connectivity index (χ0v) is 15.1. The maximum atomic E-state index is 13.1. The van der Waals surface area contributed by atoms with Crippen molar-refractivity contribution in [3.8, 4) is 5.69 Å². The Morgan fingerprint density at radius 2 is 1.86 bits per heavy atom. The third-order valence-corrected chi connectivity index (χ3v) is 4.20. The summed E-state index contributed by atoms with van der Waals surface area (Å²) in [5, 5.41) is 0. The van der Waals surface area contributed by atoms with Crippen molar-refractivity contribution in [1.29, 1.82) is 0 Å². The molecule has 0 fully saturated rings. The van der Waals surface area contributed by atoms with Gasteiger partial charge in [0.05, 0.1) is 12.5 Å². The van der Waals surface area contributed by atoms with E-state index < -0.39 is 11.8 Å². The van der Waals surface area contributed by atoms with E-state index in [2.05, 4.69) is 20.8 Å². The van der Waals surface area contributed by atoms with Crippen molar-refractivity contribution >= 4 is 22.9 Å². The Morgan fingerprint density at radius 1 is 1.07 bits per heavy atom. The number of aryl methyl sites for hydroxylation is 1. The number of rotatable bonds is 5. The maximum Gasteiger partial charge on any atom is 0.288 e. The van der Waals surface area contributed by atoms with Gasteiger partial charge in [-0.2, -0.15) is 0 Å². The second kappa shape index (κ2) is 7.93. The van der Waals surface area contributed by atoms with E-state index in [0.717, 1.165) is 5.52 Å². The highest BCUT2D eigenvalue weighted by Gasteiger charge is 2.14. The first-order valence-corrected chi connectivity index (χ1v) is 8.82. The second-order valence-corrected chi connectivity index (χ2v) is 6.20. The van der Waals surface area contributed by atoms with Crippen molar-refractivity contribution in [1.82, 2.24) is 25.4 Å². The van der Waals surface area contributed by atoms with E-state index in [1.807, 2.05) is 18.2 Å². The molecule has 9 heteroatoms. The van der Waals surface area contributed by atoms with E-state index in [1.165, 1.54) is 41.4 Å². The molecule has 2 aromatic carbocycles. The molecule has 2 N–H and O–H groups in total. The lowest BCUT2D eigenvalue weighted by molar-refractivity contribution is -0.121. The molecular weight excluding hydrogens is 377 g/mol. The summed E-state index contributed by atoms with van der Waals surface area (Å²) in [5.74, 6) is -0.886. The summed E-state index contributed by atoms with van der Waals surface area (Å²) in [6.45, 7) is 0. The summed E-state index contributed by atoms with van der Waals surface area (Å²) in [5.41, 5.74) is 6.84. The second-order valence-electron chi connectivity index (χ2n) is 6.20. The zero-order chi connectivity index (χ0) is 20.2. The smallest absolute Gasteiger partial charge is 0.288 e. The van der Waals surface area contributed by atoms with Crippen LogP contribution in [0.2, 0.25) is 0 Å². The topological polar surface area (TPSA) is 102 Å². The molecule has 0 aliphatic heterocycles. The van der Waals surface area contributed by atoms with Crippen LogP contribution in [0.5, 0.6) is 0 Å². The van der Waals surface area contributed by atoms with E-state index in [0.29, 0.717) is 23.6 Å². The maximum absolute atomic E-state index is 13.1. The monoisotopic (exact) mass is 393 g/mol. The number of fused-ring (bicyclic) bond motifs is 1. The van der Waals surface area contributed by atoms with E-state index in [-0.39, 0.29) is 17.9 Å². The Hall–Kier alpha value is -4.01. The number of carbonyl (C=O) groups is 2. The lowest BCUT2D eigenvalue weighted by Gasteiger charge is -2.09. The molecule has 4 aromatic rings. The molecule has 29 heavy (non-hydrogen) atoms. The largest absolute Gasteiger partial charge is 0.441 e. The third-order valence-electron chi connectivity index (χ3n) is 4.20. The number of hydrazine groups is 1. The van der Waals surface area contributed by atoms with Crippen LogP contribution in [0, 0.1) is 5.82 Å². The molecule has 4 rings (SSSR count). The summed E-state index contributed by atoms with van der Waals surface area (Å²) >= 11 is 0. The van der Waals surface area contributed by atoms with Crippen LogP contribution in [0.4, 0.5) is 4.39 Å². The van der Waals surface area contributed by atoms with Gasteiger partial charge >= 0.3 is 0 Å². The number of imidazole rings is 1. The minimum Gasteiger partial charge on any atom is -0.441 e. The molecule has 0 saturated carbocycles. The highest BCUT2D eigenvalue weighted by molar-refractivity contribution is 5.94. The molecule has 146 valence electrons. The number of amides is 2. The average Bonchev–Trinajstić information content (AvgIpc) is 3.38. The summed E-state index contributed by atoms with van der Waals surface area (Å²) < 4.78 is 20.1. The van der Waals surface area contributed by atoms with Crippen molar-refractivity contribution in [2.24, 2.45) is 0 Å². The number of halogens is 1. The molecular formula is C20H16FN5O3. The Kier molecular flexibility index (Phi) is 5.02. The first-order chi connectivity index (χ1) is 14.1. The molecule has 2 amide bonds. The summed E-state index contributed by atoms with van der Waals surface area (Å²) in [4.78, 5) is 32.7. The molecule has 2 heterocycles. The quantitative estimate of drug-likeness (QED) is 0.508. The van der Waals surface area contributed by atoms with Gasteiger partial charge in [-0.1, -0.05) is 12.1 Å². The lowest BCUT2D eigenvalue weighted by Crippen LogP contribution is -2.42. The van der Waals surface area contributed by atoms with Gasteiger partial charge in [-0.25, -0.2) is 14.4 Å². The molecule has 8 nitrogen and oxygen atoms in total. The van der Waals surface area contributed by atoms with E-state index in [4.69, 9.17) is 4.42 Å². The third kappa shape index (κ3) is 4.13. The molecule has 0 saturated heterocycles. The van der Waals surface area contributed by atoms with Crippen molar-refractivity contribution < 1.29 is 18.4 Å². The predicted molar refractivity (Wildman–Crippen MR) is 101 cm³/mol. The van der Waals surface area contributed by atoms with Gasteiger partial charge in [0.25, 0.3) is 5.91 Å². The Bertz CT molecular complexity index is 1130. The number of carbonyl (C=O) groups excluding carboxylic acids is 2. The van der Waals surface area contributed by atoms with Crippen molar-refractivity contribution in [3.63, 3.8) is 0 Å². The van der Waals surface area contributed by atoms with Gasteiger partial charge in [0.1, 0.15) is 17.0 Å². The van der Waals surface area contributed by atoms with E-state index >= 15 is 0 Å². The van der Waals surface area contributed by atoms with Gasteiger partial charge in [0.15, 0.2) is 11.5 Å². The van der Waals surface area contributed by atoms with Crippen LogP contribution in [-0.2, 0) is 11.2 Å². The summed E-state index contributed by atoms with van der Waals surface area (Å²) in [6, 6.07) is 12.9. The normalized spacial score (nSPS) is 10.8. The van der Waals surface area contributed by atoms with Gasteiger partial charge in [-0.05, 0) is 36.4 Å². The standard InChI is InChI=1S/C20H16FN5O3/c21-13-5-7-14(8-6-13)26-12-22-11-16(26)20(28)25-24-18(27)9-10-19-23-15-3-1-2-4-17(15)29-19/h1-8,11-12H,9-10H2,(H,24,27)(H,25,28). The molecule has 0 aliphatic carbocycles. The van der Waals surface area contributed by atoms with Gasteiger partial charge < -0.3 is 4.42 Å². The van der Waals surface area contributed by atoms with Gasteiger partial charge in [0, 0.05) is 18.5 Å². The van der Waals surface area contributed by atoms with E-state index in [9.17, 15) is 14.0 Å². The lowest BCUT2D eigenvalue weighted by atomic mass is 10.3. The number of aromatic nitrogens is 3. The summed E-state index contributed by atoms with van der Waals surface area (Å²) in [6.07, 6.45) is 3.16. The predicted octanol–water partition coefficient (Wildman–Crippen LogP) is 2.55. The number of nitrogens with zero attached hydrogens (tertiary/aromatic N) is 3. The molecule has 0 radical (unpaired) electrons. The Balaban J connectivity index is 1.33. The highest BCUT2D eigenvalue weighted by atomic mass is 19.1. The van der Waals surface area contributed by atoms with Crippen LogP contribution < -0.4 is 10.9 Å². The molecule has 0 spiro atoms. The van der Waals surface area contributed by atoms with Crippen molar-refractivity contribution in [2.45, 2.75) is 12.8 Å². The molecule has 2 aromatic heterocycles. The fourth-order valence-electron chi connectivity index (χ4n) is 2.77. The Labute approximate surface area is 164 Å². The minimum absolute atomic E-state index is 0.0876. The van der Waals surface area contributed by atoms with Crippen LogP contribution >= 0.6 is 0 Å². The van der Waals surface area contributed by atoms with Gasteiger partial charge in [-0.15, -0.1) is 0 Å². The van der Waals surface area contributed by atoms with E-state index in [1.54, 1.807) is 6.07 Å². The number of nitrogens with one attached hydrogen (secondary N) is 2. The fraction of sp³-hybridized carbons (Fsp3) is 0.100. The number of hydrogen-bond acceptors (Lipinski definition) is 5. The van der Waals surface area contributed by atoms with Crippen LogP contribution in [-0.4, -0.2) is 26.3 Å². The average molecular weight is 393 g/mol. The van der Waals surface area contributed by atoms with Gasteiger partial charge in [0.2, 0.25) is 5.91 Å². The SMILES string of the molecule is O=C(CCc1nc2ccccc2o1)NNC(=O)c1cncn1-c1ccc(F)cc1. The first-order valence-electron chi connectivity index (χ1n) is 8.82. The van der Waals surface area contributed by atoms with Gasteiger partial charge in [-0.3, -0.25) is 25.0 Å². The molecule has 0 atom stereocenters. The Morgan fingerprint density at radius 3 is 2.66 bits per heavy atom. The number of oxazole rings is 1. The number of para-hydroxylation sites is 2. The minimum atomic E-state index is -0.554. The van der Waals surface area contributed by atoms with Crippen molar-refractivity contribution in [3.05, 3.63) is 78.5 Å².